The Kier molecular flexibility index (Phi) is 4.09. The molecule has 0 saturated heterocycles. The Bertz CT molecular complexity index is 286. The molecule has 1 rings (SSSR count). The minimum absolute atomic E-state index is 0.142. The molecule has 0 radical (unpaired) electrons. The predicted molar refractivity (Wildman–Crippen MR) is 58.0 cm³/mol. The molecule has 0 aliphatic heterocycles. The van der Waals surface area contributed by atoms with Crippen molar-refractivity contribution >= 4 is 22.6 Å². The van der Waals surface area contributed by atoms with Gasteiger partial charge < -0.3 is 0 Å². The van der Waals surface area contributed by atoms with Gasteiger partial charge in [0.1, 0.15) is 11.6 Å². The highest BCUT2D eigenvalue weighted by molar-refractivity contribution is 14.1. The fourth-order valence-electron chi connectivity index (χ4n) is 1.16. The Morgan fingerprint density at radius 2 is 2.08 bits per heavy atom. The average molecular weight is 296 g/mol. The van der Waals surface area contributed by atoms with Crippen molar-refractivity contribution in [3.63, 3.8) is 0 Å². The molecule has 0 nitrogen and oxygen atoms in total. The van der Waals surface area contributed by atoms with Gasteiger partial charge in [-0.25, -0.2) is 8.78 Å². The first-order valence-electron chi connectivity index (χ1n) is 4.24. The van der Waals surface area contributed by atoms with E-state index in [1.165, 1.54) is 12.1 Å². The van der Waals surface area contributed by atoms with Crippen LogP contribution in [0.1, 0.15) is 29.3 Å². The molecule has 0 spiro atoms. The van der Waals surface area contributed by atoms with Gasteiger partial charge in [-0.3, -0.25) is 0 Å². The van der Waals surface area contributed by atoms with Crippen molar-refractivity contribution in [2.75, 3.05) is 0 Å². The van der Waals surface area contributed by atoms with Gasteiger partial charge in [-0.1, -0.05) is 42.0 Å². The number of hydrogen-bond donors (Lipinski definition) is 0. The van der Waals surface area contributed by atoms with Gasteiger partial charge in [0.05, 0.1) is 0 Å². The van der Waals surface area contributed by atoms with Gasteiger partial charge in [0.15, 0.2) is 0 Å². The Balaban J connectivity index is 2.88. The number of hydrogen-bond acceptors (Lipinski definition) is 0. The highest BCUT2D eigenvalue weighted by Crippen LogP contribution is 2.30. The molecule has 0 fully saturated rings. The summed E-state index contributed by atoms with van der Waals surface area (Å²) >= 11 is 2.18. The zero-order valence-electron chi connectivity index (χ0n) is 7.36. The summed E-state index contributed by atoms with van der Waals surface area (Å²) in [6, 6.07) is 3.77. The zero-order valence-corrected chi connectivity index (χ0v) is 9.52. The van der Waals surface area contributed by atoms with Crippen molar-refractivity contribution in [1.82, 2.24) is 0 Å². The van der Waals surface area contributed by atoms with E-state index in [1.807, 2.05) is 6.92 Å². The first-order valence-corrected chi connectivity index (χ1v) is 5.48. The molecule has 1 aromatic carbocycles. The zero-order chi connectivity index (χ0) is 9.84. The van der Waals surface area contributed by atoms with Crippen LogP contribution in [-0.4, -0.2) is 0 Å². The average Bonchev–Trinajstić information content (AvgIpc) is 2.04. The van der Waals surface area contributed by atoms with Gasteiger partial charge in [-0.2, -0.15) is 0 Å². The Morgan fingerprint density at radius 3 is 2.62 bits per heavy atom. The van der Waals surface area contributed by atoms with Crippen LogP contribution >= 0.6 is 22.6 Å². The van der Waals surface area contributed by atoms with Crippen LogP contribution in [0.4, 0.5) is 8.78 Å². The highest BCUT2D eigenvalue weighted by Gasteiger charge is 2.11. The van der Waals surface area contributed by atoms with E-state index in [2.05, 4.69) is 22.6 Å². The van der Waals surface area contributed by atoms with Crippen molar-refractivity contribution in [2.24, 2.45) is 0 Å². The summed E-state index contributed by atoms with van der Waals surface area (Å²) in [4.78, 5) is 0. The fourth-order valence-corrected chi connectivity index (χ4v) is 2.29. The van der Waals surface area contributed by atoms with Crippen molar-refractivity contribution in [2.45, 2.75) is 23.7 Å². The molecule has 0 amide bonds. The van der Waals surface area contributed by atoms with Crippen LogP contribution in [0, 0.1) is 11.6 Å². The second kappa shape index (κ2) is 4.88. The molecule has 1 atom stereocenters. The lowest BCUT2D eigenvalue weighted by atomic mass is 10.1. The molecule has 13 heavy (non-hydrogen) atoms. The molecule has 0 heterocycles. The van der Waals surface area contributed by atoms with Gasteiger partial charge in [0.25, 0.3) is 0 Å². The molecule has 3 heteroatoms. The summed E-state index contributed by atoms with van der Waals surface area (Å²) in [6.07, 6.45) is 1.92. The van der Waals surface area contributed by atoms with E-state index in [0.29, 0.717) is 5.56 Å². The van der Waals surface area contributed by atoms with Gasteiger partial charge in [0.2, 0.25) is 0 Å². The lowest BCUT2D eigenvalue weighted by molar-refractivity contribution is 0.569. The standard InChI is InChI=1S/C10H11F2I/c1-2-3-10(13)8-5-4-7(11)6-9(8)12/h4-6,10H,2-3H2,1H3. The largest absolute Gasteiger partial charge is 0.207 e. The van der Waals surface area contributed by atoms with Crippen molar-refractivity contribution in [1.29, 1.82) is 0 Å². The molecule has 0 bridgehead atoms. The van der Waals surface area contributed by atoms with Crippen molar-refractivity contribution in [3.05, 3.63) is 35.4 Å². The van der Waals surface area contributed by atoms with E-state index in [0.717, 1.165) is 18.9 Å². The summed E-state index contributed by atoms with van der Waals surface area (Å²) in [5.74, 6) is -0.950. The first kappa shape index (κ1) is 10.9. The molecule has 1 unspecified atom stereocenters. The lowest BCUT2D eigenvalue weighted by Gasteiger charge is -2.09. The Morgan fingerprint density at radius 1 is 1.38 bits per heavy atom. The number of benzene rings is 1. The van der Waals surface area contributed by atoms with E-state index in [9.17, 15) is 8.78 Å². The maximum absolute atomic E-state index is 13.2. The van der Waals surface area contributed by atoms with Gasteiger partial charge in [-0.05, 0) is 12.5 Å². The van der Waals surface area contributed by atoms with Crippen LogP contribution in [0.3, 0.4) is 0 Å². The normalized spacial score (nSPS) is 12.9. The molecule has 0 aliphatic carbocycles. The number of rotatable bonds is 3. The van der Waals surface area contributed by atoms with Crippen LogP contribution < -0.4 is 0 Å². The van der Waals surface area contributed by atoms with Crippen LogP contribution in [0.15, 0.2) is 18.2 Å². The number of alkyl halides is 1. The fraction of sp³-hybridized carbons (Fsp3) is 0.400. The molecule has 72 valence electrons. The molecule has 0 aromatic heterocycles. The second-order valence-corrected chi connectivity index (χ2v) is 4.43. The summed E-state index contributed by atoms with van der Waals surface area (Å²) in [5, 5.41) is 0. The van der Waals surface area contributed by atoms with Gasteiger partial charge in [-0.15, -0.1) is 0 Å². The maximum atomic E-state index is 13.2. The minimum atomic E-state index is -0.513. The Labute approximate surface area is 90.5 Å². The molecule has 0 saturated carbocycles. The summed E-state index contributed by atoms with van der Waals surface area (Å²) < 4.78 is 25.9. The van der Waals surface area contributed by atoms with E-state index in [4.69, 9.17) is 0 Å². The molecule has 0 aliphatic rings. The third-order valence-corrected chi connectivity index (χ3v) is 3.14. The monoisotopic (exact) mass is 296 g/mol. The molecule has 1 aromatic rings. The van der Waals surface area contributed by atoms with E-state index in [1.54, 1.807) is 0 Å². The predicted octanol–water partition coefficient (Wildman–Crippen LogP) is 4.24. The lowest BCUT2D eigenvalue weighted by Crippen LogP contribution is -1.94. The SMILES string of the molecule is CCCC(I)c1ccc(F)cc1F. The van der Waals surface area contributed by atoms with Gasteiger partial charge in [0, 0.05) is 15.6 Å². The van der Waals surface area contributed by atoms with Crippen LogP contribution in [0.25, 0.3) is 0 Å². The first-order chi connectivity index (χ1) is 6.15. The van der Waals surface area contributed by atoms with E-state index < -0.39 is 11.6 Å². The summed E-state index contributed by atoms with van der Waals surface area (Å²) in [6.45, 7) is 2.05. The Hall–Kier alpha value is -0.190. The van der Waals surface area contributed by atoms with Gasteiger partial charge >= 0.3 is 0 Å². The molecule has 0 N–H and O–H groups in total. The van der Waals surface area contributed by atoms with E-state index >= 15 is 0 Å². The summed E-state index contributed by atoms with van der Waals surface area (Å²) in [7, 11) is 0. The van der Waals surface area contributed by atoms with E-state index in [-0.39, 0.29) is 3.92 Å². The summed E-state index contributed by atoms with van der Waals surface area (Å²) in [5.41, 5.74) is 0.601. The van der Waals surface area contributed by atoms with Crippen LogP contribution in [0.5, 0.6) is 0 Å². The minimum Gasteiger partial charge on any atom is -0.207 e. The van der Waals surface area contributed by atoms with Crippen molar-refractivity contribution < 1.29 is 8.78 Å². The van der Waals surface area contributed by atoms with Crippen LogP contribution in [0.2, 0.25) is 0 Å². The highest BCUT2D eigenvalue weighted by atomic mass is 127. The molecular weight excluding hydrogens is 285 g/mol. The quantitative estimate of drug-likeness (QED) is 0.578. The smallest absolute Gasteiger partial charge is 0.130 e. The maximum Gasteiger partial charge on any atom is 0.130 e. The van der Waals surface area contributed by atoms with Crippen molar-refractivity contribution in [3.8, 4) is 0 Å². The number of halogens is 3. The van der Waals surface area contributed by atoms with Crippen LogP contribution in [-0.2, 0) is 0 Å². The third kappa shape index (κ3) is 2.90. The second-order valence-electron chi connectivity index (χ2n) is 2.92. The third-order valence-electron chi connectivity index (χ3n) is 1.84. The molecular formula is C10H11F2I. The topological polar surface area (TPSA) is 0 Å².